The molecule has 0 bridgehead atoms. The fourth-order valence-electron chi connectivity index (χ4n) is 3.41. The highest BCUT2D eigenvalue weighted by Gasteiger charge is 2.37. The van der Waals surface area contributed by atoms with E-state index >= 15 is 0 Å². The lowest BCUT2D eigenvalue weighted by molar-refractivity contribution is -0.145. The van der Waals surface area contributed by atoms with Gasteiger partial charge in [0.25, 0.3) is 0 Å². The van der Waals surface area contributed by atoms with Crippen molar-refractivity contribution in [2.45, 2.75) is 45.3 Å². The van der Waals surface area contributed by atoms with Crippen molar-refractivity contribution in [3.63, 3.8) is 0 Å². The van der Waals surface area contributed by atoms with Crippen LogP contribution < -0.4 is 4.74 Å². The maximum absolute atomic E-state index is 12.6. The number of amides is 1. The van der Waals surface area contributed by atoms with Crippen LogP contribution in [-0.2, 0) is 4.79 Å². The maximum atomic E-state index is 12.6. The molecule has 2 fully saturated rings. The first-order valence-electron chi connectivity index (χ1n) is 8.44. The van der Waals surface area contributed by atoms with Gasteiger partial charge in [-0.05, 0) is 50.9 Å². The van der Waals surface area contributed by atoms with E-state index in [-0.39, 0.29) is 18.1 Å². The number of para-hydroxylation sites is 1. The van der Waals surface area contributed by atoms with Crippen molar-refractivity contribution < 1.29 is 9.53 Å². The number of carbonyl (C=O) groups is 1. The molecule has 22 heavy (non-hydrogen) atoms. The molecule has 0 spiro atoms. The van der Waals surface area contributed by atoms with Crippen LogP contribution in [0.5, 0.6) is 5.75 Å². The van der Waals surface area contributed by atoms with E-state index in [1.807, 2.05) is 23.1 Å². The van der Waals surface area contributed by atoms with Crippen molar-refractivity contribution in [3.8, 4) is 5.75 Å². The summed E-state index contributed by atoms with van der Waals surface area (Å²) in [7, 11) is 0. The predicted octanol–water partition coefficient (Wildman–Crippen LogP) is 2.46. The van der Waals surface area contributed by atoms with Crippen LogP contribution in [0, 0.1) is 6.92 Å². The molecule has 0 radical (unpaired) electrons. The number of hydrogen-bond donors (Lipinski definition) is 0. The quantitative estimate of drug-likeness (QED) is 0.837. The molecule has 3 rings (SSSR count). The first-order chi connectivity index (χ1) is 10.7. The van der Waals surface area contributed by atoms with Crippen LogP contribution in [0.1, 0.15) is 31.7 Å². The minimum absolute atomic E-state index is 0.0712. The molecular weight excluding hydrogens is 276 g/mol. The second kappa shape index (κ2) is 6.69. The first-order valence-corrected chi connectivity index (χ1v) is 8.44. The fourth-order valence-corrected chi connectivity index (χ4v) is 3.41. The summed E-state index contributed by atoms with van der Waals surface area (Å²) in [5.74, 6) is 1.22. The molecule has 0 aliphatic carbocycles. The molecule has 120 valence electrons. The number of benzene rings is 1. The smallest absolute Gasteiger partial charge is 0.240 e. The minimum Gasteiger partial charge on any atom is -0.486 e. The Morgan fingerprint density at radius 2 is 1.95 bits per heavy atom. The molecule has 4 heteroatoms. The van der Waals surface area contributed by atoms with E-state index in [1.165, 1.54) is 12.8 Å². The molecule has 0 N–H and O–H groups in total. The van der Waals surface area contributed by atoms with Gasteiger partial charge in [0.2, 0.25) is 5.91 Å². The Bertz CT molecular complexity index is 520. The third-order valence-electron chi connectivity index (χ3n) is 4.80. The van der Waals surface area contributed by atoms with Gasteiger partial charge in [0.05, 0.1) is 19.1 Å². The van der Waals surface area contributed by atoms with Gasteiger partial charge in [-0.3, -0.25) is 9.69 Å². The zero-order valence-corrected chi connectivity index (χ0v) is 13.6. The molecule has 1 aromatic carbocycles. The van der Waals surface area contributed by atoms with E-state index in [0.29, 0.717) is 0 Å². The van der Waals surface area contributed by atoms with E-state index in [2.05, 4.69) is 24.8 Å². The summed E-state index contributed by atoms with van der Waals surface area (Å²) < 4.78 is 5.99. The van der Waals surface area contributed by atoms with Crippen molar-refractivity contribution in [2.24, 2.45) is 0 Å². The van der Waals surface area contributed by atoms with E-state index < -0.39 is 0 Å². The topological polar surface area (TPSA) is 32.8 Å². The summed E-state index contributed by atoms with van der Waals surface area (Å²) in [6.45, 7) is 7.75. The summed E-state index contributed by atoms with van der Waals surface area (Å²) >= 11 is 0. The Morgan fingerprint density at radius 1 is 1.27 bits per heavy atom. The number of rotatable bonds is 5. The Labute approximate surface area is 133 Å². The molecule has 2 aliphatic rings. The Balaban J connectivity index is 1.52. The molecule has 1 atom stereocenters. The van der Waals surface area contributed by atoms with E-state index in [0.717, 1.165) is 43.9 Å². The van der Waals surface area contributed by atoms with E-state index in [9.17, 15) is 4.79 Å². The summed E-state index contributed by atoms with van der Waals surface area (Å²) in [6.07, 6.45) is 3.49. The average molecular weight is 302 g/mol. The average Bonchev–Trinajstić information content (AvgIpc) is 2.99. The van der Waals surface area contributed by atoms with Gasteiger partial charge in [0, 0.05) is 0 Å². The van der Waals surface area contributed by atoms with Crippen LogP contribution in [-0.4, -0.2) is 54.0 Å². The fraction of sp³-hybridized carbons (Fsp3) is 0.611. The highest BCUT2D eigenvalue weighted by atomic mass is 16.5. The zero-order chi connectivity index (χ0) is 15.5. The molecule has 2 heterocycles. The van der Waals surface area contributed by atoms with Gasteiger partial charge in [-0.25, -0.2) is 0 Å². The molecule has 0 unspecified atom stereocenters. The minimum atomic E-state index is 0.0712. The first kappa shape index (κ1) is 15.3. The number of nitrogens with zero attached hydrogens (tertiary/aromatic N) is 2. The normalized spacial score (nSPS) is 20.7. The molecule has 4 nitrogen and oxygen atoms in total. The van der Waals surface area contributed by atoms with E-state index in [4.69, 9.17) is 4.74 Å². The van der Waals surface area contributed by atoms with E-state index in [1.54, 1.807) is 0 Å². The summed E-state index contributed by atoms with van der Waals surface area (Å²) in [4.78, 5) is 16.9. The zero-order valence-electron chi connectivity index (χ0n) is 13.6. The largest absolute Gasteiger partial charge is 0.486 e. The predicted molar refractivity (Wildman–Crippen MR) is 87.1 cm³/mol. The molecule has 0 aromatic heterocycles. The Morgan fingerprint density at radius 3 is 2.59 bits per heavy atom. The van der Waals surface area contributed by atoms with Crippen molar-refractivity contribution in [1.82, 2.24) is 9.80 Å². The molecule has 0 saturated carbocycles. The summed E-state index contributed by atoms with van der Waals surface area (Å²) in [6, 6.07) is 8.13. The number of likely N-dealkylation sites (tertiary alicyclic amines) is 2. The lowest BCUT2D eigenvalue weighted by Crippen LogP contribution is -2.60. The number of carbonyl (C=O) groups excluding carboxylic acids is 1. The second-order valence-corrected chi connectivity index (χ2v) is 6.42. The van der Waals surface area contributed by atoms with Crippen LogP contribution in [0.15, 0.2) is 24.3 Å². The van der Waals surface area contributed by atoms with Crippen LogP contribution >= 0.6 is 0 Å². The molecule has 2 aliphatic heterocycles. The SMILES string of the molecule is CC[C@H](C(=O)N1CC(Oc2ccccc2C)C1)N1CCCC1. The van der Waals surface area contributed by atoms with Crippen LogP contribution in [0.4, 0.5) is 0 Å². The standard InChI is InChI=1S/C18H26N2O2/c1-3-16(19-10-6-7-11-19)18(21)20-12-15(13-20)22-17-9-5-4-8-14(17)2/h4-5,8-9,15-16H,3,6-7,10-13H2,1-2H3/t16-/m1/s1. The molecule has 1 amide bonds. The summed E-state index contributed by atoms with van der Waals surface area (Å²) in [5, 5.41) is 0. The number of hydrogen-bond acceptors (Lipinski definition) is 3. The third-order valence-corrected chi connectivity index (χ3v) is 4.80. The number of ether oxygens (including phenoxy) is 1. The third kappa shape index (κ3) is 3.12. The van der Waals surface area contributed by atoms with Gasteiger partial charge < -0.3 is 9.64 Å². The number of aryl methyl sites for hydroxylation is 1. The van der Waals surface area contributed by atoms with Gasteiger partial charge in [-0.1, -0.05) is 25.1 Å². The van der Waals surface area contributed by atoms with Gasteiger partial charge in [-0.2, -0.15) is 0 Å². The van der Waals surface area contributed by atoms with Gasteiger partial charge in [-0.15, -0.1) is 0 Å². The van der Waals surface area contributed by atoms with Crippen LogP contribution in [0.3, 0.4) is 0 Å². The van der Waals surface area contributed by atoms with Crippen molar-refractivity contribution in [1.29, 1.82) is 0 Å². The van der Waals surface area contributed by atoms with Crippen molar-refractivity contribution in [3.05, 3.63) is 29.8 Å². The Hall–Kier alpha value is -1.55. The van der Waals surface area contributed by atoms with Crippen molar-refractivity contribution in [2.75, 3.05) is 26.2 Å². The lowest BCUT2D eigenvalue weighted by atomic mass is 10.1. The van der Waals surface area contributed by atoms with Gasteiger partial charge >= 0.3 is 0 Å². The van der Waals surface area contributed by atoms with Crippen molar-refractivity contribution >= 4 is 5.91 Å². The lowest BCUT2D eigenvalue weighted by Gasteiger charge is -2.42. The second-order valence-electron chi connectivity index (χ2n) is 6.42. The van der Waals surface area contributed by atoms with Gasteiger partial charge in [0.1, 0.15) is 11.9 Å². The maximum Gasteiger partial charge on any atom is 0.240 e. The molecule has 1 aromatic rings. The highest BCUT2D eigenvalue weighted by Crippen LogP contribution is 2.24. The monoisotopic (exact) mass is 302 g/mol. The highest BCUT2D eigenvalue weighted by molar-refractivity contribution is 5.82. The Kier molecular flexibility index (Phi) is 4.67. The van der Waals surface area contributed by atoms with Crippen LogP contribution in [0.25, 0.3) is 0 Å². The van der Waals surface area contributed by atoms with Gasteiger partial charge in [0.15, 0.2) is 0 Å². The molecule has 2 saturated heterocycles. The summed E-state index contributed by atoms with van der Waals surface area (Å²) in [5.41, 5.74) is 1.15. The van der Waals surface area contributed by atoms with Crippen LogP contribution in [0.2, 0.25) is 0 Å². The molecular formula is C18H26N2O2.